The number of nitrogens with zero attached hydrogens (tertiary/aromatic N) is 1. The number of aliphatic hydroxyl groups excluding tert-OH is 1. The van der Waals surface area contributed by atoms with Gasteiger partial charge in [0.1, 0.15) is 6.61 Å². The first-order valence-electron chi connectivity index (χ1n) is 7.29. The van der Waals surface area contributed by atoms with Gasteiger partial charge in [-0.1, -0.05) is 24.0 Å². The summed E-state index contributed by atoms with van der Waals surface area (Å²) in [5, 5.41) is 13.1. The molecule has 108 valence electrons. The summed E-state index contributed by atoms with van der Waals surface area (Å²) in [4.78, 5) is 2.57. The van der Waals surface area contributed by atoms with Gasteiger partial charge in [0, 0.05) is 24.7 Å². The van der Waals surface area contributed by atoms with E-state index in [1.165, 1.54) is 24.0 Å². The van der Waals surface area contributed by atoms with Gasteiger partial charge in [0.25, 0.3) is 0 Å². The molecule has 0 unspecified atom stereocenters. The molecule has 1 saturated carbocycles. The Balaban J connectivity index is 1.65. The molecule has 1 heterocycles. The Kier molecular flexibility index (Phi) is 4.72. The van der Waals surface area contributed by atoms with Crippen LogP contribution in [0.5, 0.6) is 0 Å². The van der Waals surface area contributed by atoms with Gasteiger partial charge in [-0.2, -0.15) is 11.3 Å². The molecule has 1 aliphatic carbocycles. The molecule has 21 heavy (non-hydrogen) atoms. The van der Waals surface area contributed by atoms with Crippen LogP contribution in [0.15, 0.2) is 41.1 Å². The zero-order chi connectivity index (χ0) is 14.5. The Morgan fingerprint density at radius 2 is 1.86 bits per heavy atom. The molecule has 2 nitrogen and oxygen atoms in total. The van der Waals surface area contributed by atoms with Crippen molar-refractivity contribution in [2.24, 2.45) is 0 Å². The maximum Gasteiger partial charge on any atom is 0.104 e. The summed E-state index contributed by atoms with van der Waals surface area (Å²) in [6.45, 7) is 1.95. The van der Waals surface area contributed by atoms with Crippen LogP contribution in [0.25, 0.3) is 0 Å². The average molecular weight is 297 g/mol. The highest BCUT2D eigenvalue weighted by Crippen LogP contribution is 2.30. The molecule has 0 bridgehead atoms. The van der Waals surface area contributed by atoms with Crippen molar-refractivity contribution in [2.75, 3.05) is 6.61 Å². The SMILES string of the molecule is OCC#Cc1ccc(CN(Cc2ccsc2)C2CC2)cc1. The lowest BCUT2D eigenvalue weighted by Crippen LogP contribution is -2.24. The molecule has 2 aromatic rings. The summed E-state index contributed by atoms with van der Waals surface area (Å²) < 4.78 is 0. The first-order valence-corrected chi connectivity index (χ1v) is 8.23. The zero-order valence-corrected chi connectivity index (χ0v) is 12.8. The summed E-state index contributed by atoms with van der Waals surface area (Å²) in [5.41, 5.74) is 3.70. The third kappa shape index (κ3) is 4.18. The normalized spacial score (nSPS) is 14.0. The Morgan fingerprint density at radius 3 is 2.48 bits per heavy atom. The highest BCUT2D eigenvalue weighted by atomic mass is 32.1. The minimum Gasteiger partial charge on any atom is -0.384 e. The van der Waals surface area contributed by atoms with Crippen LogP contribution in [-0.2, 0) is 13.1 Å². The van der Waals surface area contributed by atoms with Crippen molar-refractivity contribution < 1.29 is 5.11 Å². The lowest BCUT2D eigenvalue weighted by molar-refractivity contribution is 0.246. The largest absolute Gasteiger partial charge is 0.384 e. The van der Waals surface area contributed by atoms with Gasteiger partial charge in [-0.05, 0) is 52.9 Å². The summed E-state index contributed by atoms with van der Waals surface area (Å²) in [7, 11) is 0. The van der Waals surface area contributed by atoms with E-state index in [0.29, 0.717) is 0 Å². The van der Waals surface area contributed by atoms with Crippen molar-refractivity contribution in [1.82, 2.24) is 4.90 Å². The molecule has 0 atom stereocenters. The maximum atomic E-state index is 8.71. The second-order valence-electron chi connectivity index (χ2n) is 5.42. The van der Waals surface area contributed by atoms with Crippen molar-refractivity contribution in [3.05, 3.63) is 57.8 Å². The summed E-state index contributed by atoms with van der Waals surface area (Å²) in [6.07, 6.45) is 2.65. The van der Waals surface area contributed by atoms with E-state index < -0.39 is 0 Å². The first-order chi connectivity index (χ1) is 10.3. The van der Waals surface area contributed by atoms with Crippen molar-refractivity contribution >= 4 is 11.3 Å². The predicted molar refractivity (Wildman–Crippen MR) is 87.0 cm³/mol. The third-order valence-electron chi connectivity index (χ3n) is 3.68. The van der Waals surface area contributed by atoms with Crippen LogP contribution in [0.4, 0.5) is 0 Å². The van der Waals surface area contributed by atoms with Gasteiger partial charge in [0.2, 0.25) is 0 Å². The molecule has 0 spiro atoms. The van der Waals surface area contributed by atoms with Gasteiger partial charge in [0.05, 0.1) is 0 Å². The molecular formula is C18H19NOS. The standard InChI is InChI=1S/C18H19NOS/c20-10-1-2-15-3-5-16(6-4-15)12-19(18-7-8-18)13-17-9-11-21-14-17/h3-6,9,11,14,18,20H,7-8,10,12-13H2. The van der Waals surface area contributed by atoms with E-state index in [0.717, 1.165) is 24.7 Å². The molecule has 0 radical (unpaired) electrons. The van der Waals surface area contributed by atoms with Crippen molar-refractivity contribution in [1.29, 1.82) is 0 Å². The number of hydrogen-bond acceptors (Lipinski definition) is 3. The maximum absolute atomic E-state index is 8.71. The number of thiophene rings is 1. The second-order valence-corrected chi connectivity index (χ2v) is 6.20. The minimum absolute atomic E-state index is 0.0855. The van der Waals surface area contributed by atoms with E-state index in [4.69, 9.17) is 5.11 Å². The Labute approximate surface area is 130 Å². The molecule has 1 fully saturated rings. The van der Waals surface area contributed by atoms with Gasteiger partial charge in [-0.15, -0.1) is 0 Å². The van der Waals surface area contributed by atoms with E-state index in [1.54, 1.807) is 11.3 Å². The molecule has 1 aromatic heterocycles. The van der Waals surface area contributed by atoms with E-state index >= 15 is 0 Å². The van der Waals surface area contributed by atoms with E-state index in [-0.39, 0.29) is 6.61 Å². The molecule has 0 amide bonds. The number of benzene rings is 1. The minimum atomic E-state index is -0.0855. The van der Waals surface area contributed by atoms with Crippen molar-refractivity contribution in [3.8, 4) is 11.8 Å². The summed E-state index contributed by atoms with van der Waals surface area (Å²) >= 11 is 1.77. The smallest absolute Gasteiger partial charge is 0.104 e. The van der Waals surface area contributed by atoms with Crippen LogP contribution >= 0.6 is 11.3 Å². The van der Waals surface area contributed by atoms with E-state index in [1.807, 2.05) is 12.1 Å². The lowest BCUT2D eigenvalue weighted by Gasteiger charge is -2.21. The first kappa shape index (κ1) is 14.3. The number of rotatable bonds is 5. The third-order valence-corrected chi connectivity index (χ3v) is 4.41. The van der Waals surface area contributed by atoms with E-state index in [9.17, 15) is 0 Å². The molecule has 0 aliphatic heterocycles. The summed E-state index contributed by atoms with van der Waals surface area (Å²) in [5.74, 6) is 5.61. The van der Waals surface area contributed by atoms with Crippen molar-refractivity contribution in [3.63, 3.8) is 0 Å². The molecule has 0 saturated heterocycles. The van der Waals surface area contributed by atoms with E-state index in [2.05, 4.69) is 45.7 Å². The van der Waals surface area contributed by atoms with Gasteiger partial charge in [0.15, 0.2) is 0 Å². The van der Waals surface area contributed by atoms with Crippen LogP contribution in [-0.4, -0.2) is 22.7 Å². The van der Waals surface area contributed by atoms with Crippen molar-refractivity contribution in [2.45, 2.75) is 32.0 Å². The quantitative estimate of drug-likeness (QED) is 0.856. The number of aliphatic hydroxyl groups is 1. The fourth-order valence-corrected chi connectivity index (χ4v) is 3.10. The topological polar surface area (TPSA) is 23.5 Å². The van der Waals surface area contributed by atoms with Gasteiger partial charge >= 0.3 is 0 Å². The zero-order valence-electron chi connectivity index (χ0n) is 12.0. The Hall–Kier alpha value is -1.60. The fourth-order valence-electron chi connectivity index (χ4n) is 2.44. The average Bonchev–Trinajstić information content (AvgIpc) is 3.24. The number of hydrogen-bond donors (Lipinski definition) is 1. The monoisotopic (exact) mass is 297 g/mol. The highest BCUT2D eigenvalue weighted by Gasteiger charge is 2.28. The highest BCUT2D eigenvalue weighted by molar-refractivity contribution is 7.07. The van der Waals surface area contributed by atoms with Crippen LogP contribution in [0.1, 0.15) is 29.5 Å². The van der Waals surface area contributed by atoms with Crippen LogP contribution in [0.2, 0.25) is 0 Å². The Bertz CT molecular complexity index is 617. The molecule has 1 N–H and O–H groups in total. The van der Waals surface area contributed by atoms with Gasteiger partial charge < -0.3 is 5.11 Å². The van der Waals surface area contributed by atoms with Crippen LogP contribution in [0, 0.1) is 11.8 Å². The molecular weight excluding hydrogens is 278 g/mol. The Morgan fingerprint density at radius 1 is 1.10 bits per heavy atom. The molecule has 1 aromatic carbocycles. The fraction of sp³-hybridized carbons (Fsp3) is 0.333. The molecule has 3 heteroatoms. The lowest BCUT2D eigenvalue weighted by atomic mass is 10.1. The predicted octanol–water partition coefficient (Wildman–Crippen LogP) is 3.26. The van der Waals surface area contributed by atoms with Gasteiger partial charge in [-0.25, -0.2) is 0 Å². The summed E-state index contributed by atoms with van der Waals surface area (Å²) in [6, 6.07) is 11.3. The van der Waals surface area contributed by atoms with Gasteiger partial charge in [-0.3, -0.25) is 4.90 Å². The second kappa shape index (κ2) is 6.91. The molecule has 3 rings (SSSR count). The van der Waals surface area contributed by atoms with Crippen LogP contribution in [0.3, 0.4) is 0 Å². The molecule has 1 aliphatic rings. The van der Waals surface area contributed by atoms with Crippen LogP contribution < -0.4 is 0 Å².